The van der Waals surface area contributed by atoms with Crippen LogP contribution in [0.25, 0.3) is 0 Å². The highest BCUT2D eigenvalue weighted by Crippen LogP contribution is 2.35. The summed E-state index contributed by atoms with van der Waals surface area (Å²) < 4.78 is 6.28. The highest BCUT2D eigenvalue weighted by molar-refractivity contribution is 9.10. The van der Waals surface area contributed by atoms with E-state index in [1.165, 1.54) is 0 Å². The molecular weight excluding hydrogens is 308 g/mol. The molecule has 1 aromatic carbocycles. The molecule has 0 aromatic heterocycles. The van der Waals surface area contributed by atoms with Gasteiger partial charge >= 0.3 is 6.09 Å². The molecule has 0 saturated heterocycles. The number of halogens is 1. The van der Waals surface area contributed by atoms with Crippen LogP contribution in [0.3, 0.4) is 0 Å². The van der Waals surface area contributed by atoms with E-state index in [1.807, 2.05) is 33.8 Å². The van der Waals surface area contributed by atoms with E-state index in [-0.39, 0.29) is 6.09 Å². The lowest BCUT2D eigenvalue weighted by Crippen LogP contribution is -2.33. The van der Waals surface area contributed by atoms with Gasteiger partial charge in [-0.25, -0.2) is 4.79 Å². The number of amides is 1. The van der Waals surface area contributed by atoms with Crippen LogP contribution in [-0.4, -0.2) is 16.6 Å². The van der Waals surface area contributed by atoms with Crippen LogP contribution in [0.1, 0.15) is 37.5 Å². The van der Waals surface area contributed by atoms with Crippen LogP contribution in [0.15, 0.2) is 10.5 Å². The van der Waals surface area contributed by atoms with Crippen molar-refractivity contribution in [2.75, 3.05) is 5.73 Å². The Kier molecular flexibility index (Phi) is 3.51. The number of aryl methyl sites for hydroxylation is 1. The van der Waals surface area contributed by atoms with E-state index in [0.29, 0.717) is 18.8 Å². The molecule has 2 N–H and O–H groups in total. The number of nitrogen functional groups attached to an aromatic ring is 1. The van der Waals surface area contributed by atoms with E-state index < -0.39 is 5.60 Å². The van der Waals surface area contributed by atoms with Gasteiger partial charge in [0, 0.05) is 10.0 Å². The lowest BCUT2D eigenvalue weighted by atomic mass is 10.0. The molecule has 1 aromatic rings. The molecule has 0 radical (unpaired) electrons. The number of carbonyl (C=O) groups is 1. The standard InChI is InChI=1S/C14H19BrN2O2/c1-8-5-11(15)12(16)10-7-17(6-9(8)10)13(18)19-14(2,3)4/h5H,6-7,16H2,1-4H3. The molecule has 5 heteroatoms. The Morgan fingerprint density at radius 2 is 1.95 bits per heavy atom. The zero-order valence-corrected chi connectivity index (χ0v) is 13.3. The maximum atomic E-state index is 12.1. The van der Waals surface area contributed by atoms with Crippen molar-refractivity contribution >= 4 is 27.7 Å². The Balaban J connectivity index is 2.23. The fourth-order valence-corrected chi connectivity index (χ4v) is 2.78. The maximum absolute atomic E-state index is 12.1. The molecule has 1 heterocycles. The van der Waals surface area contributed by atoms with Crippen LogP contribution in [0.2, 0.25) is 0 Å². The summed E-state index contributed by atoms with van der Waals surface area (Å²) in [6.45, 7) is 8.70. The number of nitrogens with two attached hydrogens (primary N) is 1. The number of ether oxygens (including phenoxy) is 1. The van der Waals surface area contributed by atoms with Crippen molar-refractivity contribution in [3.8, 4) is 0 Å². The second-order valence-corrected chi connectivity index (χ2v) is 6.74. The van der Waals surface area contributed by atoms with Gasteiger partial charge in [-0.15, -0.1) is 0 Å². The highest BCUT2D eigenvalue weighted by atomic mass is 79.9. The van der Waals surface area contributed by atoms with E-state index in [0.717, 1.165) is 21.2 Å². The Bertz CT molecular complexity index is 535. The van der Waals surface area contributed by atoms with Crippen LogP contribution >= 0.6 is 15.9 Å². The first-order chi connectivity index (χ1) is 8.69. The zero-order valence-electron chi connectivity index (χ0n) is 11.7. The molecular formula is C14H19BrN2O2. The van der Waals surface area contributed by atoms with Gasteiger partial charge in [0.2, 0.25) is 0 Å². The van der Waals surface area contributed by atoms with Gasteiger partial charge in [0.25, 0.3) is 0 Å². The van der Waals surface area contributed by atoms with E-state index in [9.17, 15) is 4.79 Å². The summed E-state index contributed by atoms with van der Waals surface area (Å²) in [4.78, 5) is 13.8. The van der Waals surface area contributed by atoms with Gasteiger partial charge in [-0.05, 0) is 60.8 Å². The molecule has 1 aliphatic heterocycles. The molecule has 104 valence electrons. The molecule has 0 fully saturated rings. The Labute approximate surface area is 122 Å². The van der Waals surface area contributed by atoms with Crippen molar-refractivity contribution in [3.63, 3.8) is 0 Å². The average molecular weight is 327 g/mol. The van der Waals surface area contributed by atoms with E-state index in [1.54, 1.807) is 4.90 Å². The second kappa shape index (κ2) is 4.71. The first kappa shape index (κ1) is 14.2. The third kappa shape index (κ3) is 2.86. The van der Waals surface area contributed by atoms with Gasteiger partial charge in [0.1, 0.15) is 5.60 Å². The van der Waals surface area contributed by atoms with Crippen LogP contribution in [-0.2, 0) is 17.8 Å². The van der Waals surface area contributed by atoms with Crippen molar-refractivity contribution in [1.29, 1.82) is 0 Å². The third-order valence-corrected chi connectivity index (χ3v) is 3.77. The number of anilines is 1. The molecule has 1 amide bonds. The molecule has 1 aliphatic rings. The summed E-state index contributed by atoms with van der Waals surface area (Å²) in [7, 11) is 0. The third-order valence-electron chi connectivity index (χ3n) is 3.12. The van der Waals surface area contributed by atoms with Crippen molar-refractivity contribution in [1.82, 2.24) is 4.90 Å². The average Bonchev–Trinajstić information content (AvgIpc) is 2.69. The minimum Gasteiger partial charge on any atom is -0.444 e. The first-order valence-electron chi connectivity index (χ1n) is 6.23. The number of rotatable bonds is 0. The fourth-order valence-electron chi connectivity index (χ4n) is 2.19. The minimum atomic E-state index is -0.479. The molecule has 0 unspecified atom stereocenters. The van der Waals surface area contributed by atoms with Gasteiger partial charge in [-0.3, -0.25) is 4.90 Å². The molecule has 0 spiro atoms. The van der Waals surface area contributed by atoms with Crippen molar-refractivity contribution in [3.05, 3.63) is 27.2 Å². The van der Waals surface area contributed by atoms with Crippen LogP contribution in [0.4, 0.5) is 10.5 Å². The molecule has 2 rings (SSSR count). The largest absolute Gasteiger partial charge is 0.444 e. The summed E-state index contributed by atoms with van der Waals surface area (Å²) >= 11 is 3.45. The van der Waals surface area contributed by atoms with Crippen LogP contribution in [0, 0.1) is 6.92 Å². The van der Waals surface area contributed by atoms with Gasteiger partial charge in [-0.2, -0.15) is 0 Å². The summed E-state index contributed by atoms with van der Waals surface area (Å²) in [5.74, 6) is 0. The topological polar surface area (TPSA) is 55.6 Å². The Morgan fingerprint density at radius 1 is 1.37 bits per heavy atom. The second-order valence-electron chi connectivity index (χ2n) is 5.88. The van der Waals surface area contributed by atoms with Gasteiger partial charge in [-0.1, -0.05) is 0 Å². The number of benzene rings is 1. The number of fused-ring (bicyclic) bond motifs is 1. The van der Waals surface area contributed by atoms with Gasteiger partial charge in [0.05, 0.1) is 18.8 Å². The molecule has 19 heavy (non-hydrogen) atoms. The normalized spacial score (nSPS) is 14.5. The zero-order chi connectivity index (χ0) is 14.4. The Morgan fingerprint density at radius 3 is 2.53 bits per heavy atom. The number of nitrogens with zero attached hydrogens (tertiary/aromatic N) is 1. The number of hydrogen-bond acceptors (Lipinski definition) is 3. The smallest absolute Gasteiger partial charge is 0.410 e. The predicted molar refractivity (Wildman–Crippen MR) is 78.8 cm³/mol. The predicted octanol–water partition coefficient (Wildman–Crippen LogP) is 3.59. The molecule has 0 saturated carbocycles. The lowest BCUT2D eigenvalue weighted by Gasteiger charge is -2.24. The monoisotopic (exact) mass is 326 g/mol. The van der Waals surface area contributed by atoms with E-state index >= 15 is 0 Å². The highest BCUT2D eigenvalue weighted by Gasteiger charge is 2.30. The fraction of sp³-hybridized carbons (Fsp3) is 0.500. The van der Waals surface area contributed by atoms with Crippen molar-refractivity contribution in [2.45, 2.75) is 46.4 Å². The molecule has 0 bridgehead atoms. The Hall–Kier alpha value is -1.23. The summed E-state index contributed by atoms with van der Waals surface area (Å²) in [5, 5.41) is 0. The van der Waals surface area contributed by atoms with Crippen LogP contribution < -0.4 is 5.73 Å². The summed E-state index contributed by atoms with van der Waals surface area (Å²) in [6.07, 6.45) is -0.293. The lowest BCUT2D eigenvalue weighted by molar-refractivity contribution is 0.0242. The van der Waals surface area contributed by atoms with Gasteiger partial charge < -0.3 is 10.5 Å². The molecule has 4 nitrogen and oxygen atoms in total. The quantitative estimate of drug-likeness (QED) is 0.741. The number of carbonyl (C=O) groups excluding carboxylic acids is 1. The SMILES string of the molecule is Cc1cc(Br)c(N)c2c1CN(C(=O)OC(C)(C)C)C2. The van der Waals surface area contributed by atoms with Gasteiger partial charge in [0.15, 0.2) is 0 Å². The number of hydrogen-bond donors (Lipinski definition) is 1. The van der Waals surface area contributed by atoms with E-state index in [4.69, 9.17) is 10.5 Å². The molecule has 0 aliphatic carbocycles. The van der Waals surface area contributed by atoms with Crippen molar-refractivity contribution < 1.29 is 9.53 Å². The van der Waals surface area contributed by atoms with E-state index in [2.05, 4.69) is 15.9 Å². The first-order valence-corrected chi connectivity index (χ1v) is 7.02. The van der Waals surface area contributed by atoms with Crippen molar-refractivity contribution in [2.24, 2.45) is 0 Å². The minimum absolute atomic E-state index is 0.293. The summed E-state index contributed by atoms with van der Waals surface area (Å²) in [5.41, 5.74) is 9.60. The summed E-state index contributed by atoms with van der Waals surface area (Å²) in [6, 6.07) is 1.99. The van der Waals surface area contributed by atoms with Crippen LogP contribution in [0.5, 0.6) is 0 Å². The molecule has 0 atom stereocenters. The maximum Gasteiger partial charge on any atom is 0.410 e.